The van der Waals surface area contributed by atoms with Crippen LogP contribution in [-0.2, 0) is 0 Å². The Labute approximate surface area is 149 Å². The van der Waals surface area contributed by atoms with E-state index in [9.17, 15) is 9.90 Å². The number of aromatic nitrogens is 3. The Kier molecular flexibility index (Phi) is 4.11. The molecule has 7 nitrogen and oxygen atoms in total. The summed E-state index contributed by atoms with van der Waals surface area (Å²) in [4.78, 5) is 26.6. The molecule has 0 spiro atoms. The van der Waals surface area contributed by atoms with Crippen LogP contribution < -0.4 is 4.90 Å². The number of benzene rings is 1. The second-order valence-corrected chi connectivity index (χ2v) is 6.36. The summed E-state index contributed by atoms with van der Waals surface area (Å²) >= 11 is 0. The highest BCUT2D eigenvalue weighted by molar-refractivity contribution is 6.07. The first-order valence-electron chi connectivity index (χ1n) is 8.48. The number of fused-ring (bicyclic) bond motifs is 1. The first kappa shape index (κ1) is 16.2. The third-order valence-electron chi connectivity index (χ3n) is 4.61. The van der Waals surface area contributed by atoms with E-state index in [0.717, 1.165) is 31.7 Å². The van der Waals surface area contributed by atoms with E-state index in [1.54, 1.807) is 24.3 Å². The van der Waals surface area contributed by atoms with Gasteiger partial charge in [-0.05, 0) is 49.2 Å². The highest BCUT2D eigenvalue weighted by Crippen LogP contribution is 2.21. The minimum absolute atomic E-state index is 0.225. The van der Waals surface area contributed by atoms with Gasteiger partial charge in [-0.25, -0.2) is 9.97 Å². The molecule has 0 unspecified atom stereocenters. The zero-order valence-electron chi connectivity index (χ0n) is 14.0. The lowest BCUT2D eigenvalue weighted by atomic mass is 10.1. The normalized spacial score (nSPS) is 15.2. The molecule has 1 aliphatic heterocycles. The van der Waals surface area contributed by atoms with E-state index in [2.05, 4.69) is 19.9 Å². The lowest BCUT2D eigenvalue weighted by Crippen LogP contribution is -2.36. The van der Waals surface area contributed by atoms with Crippen molar-refractivity contribution in [2.75, 3.05) is 18.0 Å². The van der Waals surface area contributed by atoms with Crippen LogP contribution in [0.4, 0.5) is 5.82 Å². The number of pyridine rings is 1. The lowest BCUT2D eigenvalue weighted by Gasteiger charge is -2.30. The number of piperidine rings is 1. The number of aliphatic hydroxyl groups is 1. The Morgan fingerprint density at radius 3 is 2.58 bits per heavy atom. The highest BCUT2D eigenvalue weighted by Gasteiger charge is 2.20. The Morgan fingerprint density at radius 1 is 1.15 bits per heavy atom. The predicted molar refractivity (Wildman–Crippen MR) is 95.9 cm³/mol. The highest BCUT2D eigenvalue weighted by atomic mass is 16.3. The quantitative estimate of drug-likeness (QED) is 0.702. The van der Waals surface area contributed by atoms with Gasteiger partial charge >= 0.3 is 0 Å². The summed E-state index contributed by atoms with van der Waals surface area (Å²) in [7, 11) is 0. The first-order chi connectivity index (χ1) is 12.6. The van der Waals surface area contributed by atoms with Crippen molar-refractivity contribution in [3.8, 4) is 6.07 Å². The molecule has 0 radical (unpaired) electrons. The average Bonchev–Trinajstić information content (AvgIpc) is 3.11. The van der Waals surface area contributed by atoms with Crippen molar-refractivity contribution in [2.24, 2.45) is 0 Å². The SMILES string of the molecule is N#Cc1ccc(C(=O)c2nc3nc(N4CCC(O)CC4)ccc3[nH]2)cc1. The van der Waals surface area contributed by atoms with Crippen molar-refractivity contribution in [2.45, 2.75) is 18.9 Å². The van der Waals surface area contributed by atoms with Crippen LogP contribution in [0.1, 0.15) is 34.6 Å². The number of nitrogens with zero attached hydrogens (tertiary/aromatic N) is 4. The van der Waals surface area contributed by atoms with Gasteiger partial charge in [0.05, 0.1) is 23.3 Å². The molecule has 1 fully saturated rings. The number of carbonyl (C=O) groups excluding carboxylic acids is 1. The molecule has 2 N–H and O–H groups in total. The van der Waals surface area contributed by atoms with E-state index in [1.807, 2.05) is 18.2 Å². The molecule has 0 bridgehead atoms. The Morgan fingerprint density at radius 2 is 1.88 bits per heavy atom. The summed E-state index contributed by atoms with van der Waals surface area (Å²) in [5, 5.41) is 18.5. The molecule has 130 valence electrons. The molecule has 1 saturated heterocycles. The molecule has 3 heterocycles. The standard InChI is InChI=1S/C19H17N5O2/c20-11-12-1-3-13(4-2-12)17(26)19-21-15-5-6-16(22-18(15)23-19)24-9-7-14(25)8-10-24/h1-6,14,25H,7-10H2,(H,21,22,23). The molecule has 0 aliphatic carbocycles. The summed E-state index contributed by atoms with van der Waals surface area (Å²) in [6.07, 6.45) is 1.21. The molecule has 0 saturated carbocycles. The van der Waals surface area contributed by atoms with Gasteiger partial charge in [-0.3, -0.25) is 4.79 Å². The van der Waals surface area contributed by atoms with Crippen LogP contribution in [0.15, 0.2) is 36.4 Å². The number of rotatable bonds is 3. The van der Waals surface area contributed by atoms with Gasteiger partial charge < -0.3 is 15.0 Å². The summed E-state index contributed by atoms with van der Waals surface area (Å²) in [6, 6.07) is 12.2. The van der Waals surface area contributed by atoms with Gasteiger partial charge in [-0.1, -0.05) is 0 Å². The number of ketones is 1. The minimum Gasteiger partial charge on any atom is -0.393 e. The van der Waals surface area contributed by atoms with Gasteiger partial charge in [0.15, 0.2) is 11.5 Å². The Balaban J connectivity index is 1.60. The van der Waals surface area contributed by atoms with Gasteiger partial charge in [-0.2, -0.15) is 5.26 Å². The number of imidazole rings is 1. The van der Waals surface area contributed by atoms with Crippen LogP contribution in [-0.4, -0.2) is 45.0 Å². The molecular formula is C19H17N5O2. The van der Waals surface area contributed by atoms with Crippen molar-refractivity contribution in [1.82, 2.24) is 15.0 Å². The third-order valence-corrected chi connectivity index (χ3v) is 4.61. The number of carbonyl (C=O) groups is 1. The lowest BCUT2D eigenvalue weighted by molar-refractivity contribution is 0.103. The smallest absolute Gasteiger partial charge is 0.228 e. The largest absolute Gasteiger partial charge is 0.393 e. The fourth-order valence-electron chi connectivity index (χ4n) is 3.09. The van der Waals surface area contributed by atoms with Crippen molar-refractivity contribution in [1.29, 1.82) is 5.26 Å². The Hall–Kier alpha value is -3.24. The summed E-state index contributed by atoms with van der Waals surface area (Å²) in [5.74, 6) is 0.784. The van der Waals surface area contributed by atoms with Crippen LogP contribution in [0, 0.1) is 11.3 Å². The fraction of sp³-hybridized carbons (Fsp3) is 0.263. The summed E-state index contributed by atoms with van der Waals surface area (Å²) in [5.41, 5.74) is 2.16. The summed E-state index contributed by atoms with van der Waals surface area (Å²) in [6.45, 7) is 1.50. The second kappa shape index (κ2) is 6.58. The zero-order valence-corrected chi connectivity index (χ0v) is 14.0. The fourth-order valence-corrected chi connectivity index (χ4v) is 3.09. The molecule has 7 heteroatoms. The number of aromatic amines is 1. The van der Waals surface area contributed by atoms with E-state index in [4.69, 9.17) is 5.26 Å². The Bertz CT molecular complexity index is 995. The molecule has 26 heavy (non-hydrogen) atoms. The van der Waals surface area contributed by atoms with Gasteiger partial charge in [0.2, 0.25) is 5.78 Å². The van der Waals surface area contributed by atoms with Crippen molar-refractivity contribution >= 4 is 22.8 Å². The zero-order chi connectivity index (χ0) is 18.1. The number of nitrogens with one attached hydrogen (secondary N) is 1. The van der Waals surface area contributed by atoms with Crippen LogP contribution in [0.25, 0.3) is 11.2 Å². The van der Waals surface area contributed by atoms with E-state index in [0.29, 0.717) is 22.3 Å². The maximum absolute atomic E-state index is 12.6. The maximum Gasteiger partial charge on any atom is 0.228 e. The van der Waals surface area contributed by atoms with E-state index < -0.39 is 0 Å². The average molecular weight is 347 g/mol. The molecule has 4 rings (SSSR count). The molecule has 0 atom stereocenters. The van der Waals surface area contributed by atoms with Crippen molar-refractivity contribution in [3.63, 3.8) is 0 Å². The number of anilines is 1. The van der Waals surface area contributed by atoms with Gasteiger partial charge in [0.25, 0.3) is 0 Å². The molecule has 1 aromatic carbocycles. The van der Waals surface area contributed by atoms with Gasteiger partial charge in [-0.15, -0.1) is 0 Å². The molecular weight excluding hydrogens is 330 g/mol. The van der Waals surface area contributed by atoms with Crippen LogP contribution >= 0.6 is 0 Å². The molecule has 2 aromatic heterocycles. The number of aliphatic hydroxyl groups excluding tert-OH is 1. The number of nitriles is 1. The number of H-pyrrole nitrogens is 1. The van der Waals surface area contributed by atoms with E-state index >= 15 is 0 Å². The van der Waals surface area contributed by atoms with Crippen LogP contribution in [0.5, 0.6) is 0 Å². The van der Waals surface area contributed by atoms with Gasteiger partial charge in [0.1, 0.15) is 5.82 Å². The van der Waals surface area contributed by atoms with Crippen LogP contribution in [0.3, 0.4) is 0 Å². The van der Waals surface area contributed by atoms with Crippen LogP contribution in [0.2, 0.25) is 0 Å². The second-order valence-electron chi connectivity index (χ2n) is 6.36. The van der Waals surface area contributed by atoms with E-state index in [-0.39, 0.29) is 17.7 Å². The summed E-state index contributed by atoms with van der Waals surface area (Å²) < 4.78 is 0. The topological polar surface area (TPSA) is 106 Å². The van der Waals surface area contributed by atoms with Crippen molar-refractivity contribution in [3.05, 3.63) is 53.3 Å². The third kappa shape index (κ3) is 3.03. The van der Waals surface area contributed by atoms with E-state index in [1.165, 1.54) is 0 Å². The van der Waals surface area contributed by atoms with Crippen molar-refractivity contribution < 1.29 is 9.90 Å². The first-order valence-corrected chi connectivity index (χ1v) is 8.48. The molecule has 1 aliphatic rings. The monoisotopic (exact) mass is 347 g/mol. The predicted octanol–water partition coefficient (Wildman–Crippen LogP) is 2.02. The maximum atomic E-state index is 12.6. The number of hydrogen-bond acceptors (Lipinski definition) is 6. The molecule has 3 aromatic rings. The number of hydrogen-bond donors (Lipinski definition) is 2. The molecule has 0 amide bonds. The minimum atomic E-state index is -0.241. The van der Waals surface area contributed by atoms with Gasteiger partial charge in [0, 0.05) is 18.7 Å².